The number of aliphatic hydroxyl groups is 1. The van der Waals surface area contributed by atoms with Gasteiger partial charge in [0, 0.05) is 0 Å². The molecule has 1 N–H and O–H groups in total. The summed E-state index contributed by atoms with van der Waals surface area (Å²) in [5, 5.41) is 10.3. The number of aliphatic hydroxyl groups excluding tert-OH is 1. The third-order valence-corrected chi connectivity index (χ3v) is 11.6. The summed E-state index contributed by atoms with van der Waals surface area (Å²) in [5.41, 5.74) is 2.54. The molecule has 1 nitrogen and oxygen atoms in total. The molecule has 178 valence electrons. The van der Waals surface area contributed by atoms with Crippen LogP contribution in [-0.4, -0.2) is 11.2 Å². The first-order chi connectivity index (χ1) is 14.6. The Labute approximate surface area is 193 Å². The lowest BCUT2D eigenvalue weighted by molar-refractivity contribution is -0.0733. The number of hydrogen-bond acceptors (Lipinski definition) is 1. The highest BCUT2D eigenvalue weighted by atomic mass is 16.3. The van der Waals surface area contributed by atoms with E-state index in [9.17, 15) is 5.11 Å². The fraction of sp³-hybridized carbons (Fsp3) is 0.933. The minimum atomic E-state index is -0.0913. The van der Waals surface area contributed by atoms with Crippen LogP contribution in [0.15, 0.2) is 11.6 Å². The van der Waals surface area contributed by atoms with Crippen LogP contribution in [0.5, 0.6) is 0 Å². The molecule has 0 aromatic carbocycles. The van der Waals surface area contributed by atoms with Crippen LogP contribution in [0, 0.1) is 58.2 Å². The van der Waals surface area contributed by atoms with Gasteiger partial charge in [0.2, 0.25) is 0 Å². The lowest BCUT2D eigenvalue weighted by atomic mass is 9.45. The van der Waals surface area contributed by atoms with Gasteiger partial charge in [-0.3, -0.25) is 0 Å². The maximum Gasteiger partial charge on any atom is 0.0577 e. The second kappa shape index (κ2) is 8.81. The number of rotatable bonds is 6. The zero-order valence-corrected chi connectivity index (χ0v) is 21.8. The zero-order chi connectivity index (χ0) is 22.6. The molecule has 4 rings (SSSR count). The molecule has 0 aromatic rings. The van der Waals surface area contributed by atoms with Gasteiger partial charge in [-0.25, -0.2) is 0 Å². The largest absolute Gasteiger partial charge is 0.393 e. The lowest BCUT2D eigenvalue weighted by Gasteiger charge is -2.60. The van der Waals surface area contributed by atoms with Crippen molar-refractivity contribution < 1.29 is 5.11 Å². The van der Waals surface area contributed by atoms with E-state index in [0.717, 1.165) is 54.3 Å². The van der Waals surface area contributed by atoms with E-state index in [1.54, 1.807) is 5.57 Å². The average molecular weight is 429 g/mol. The molecule has 1 heteroatoms. The van der Waals surface area contributed by atoms with E-state index < -0.39 is 0 Å². The van der Waals surface area contributed by atoms with Crippen molar-refractivity contribution in [2.75, 3.05) is 0 Å². The van der Waals surface area contributed by atoms with E-state index in [1.807, 2.05) is 0 Å². The molecule has 0 amide bonds. The van der Waals surface area contributed by atoms with Crippen molar-refractivity contribution in [3.05, 3.63) is 11.6 Å². The second-order valence-electron chi connectivity index (χ2n) is 13.4. The number of fused-ring (bicyclic) bond motifs is 5. The van der Waals surface area contributed by atoms with Gasteiger partial charge in [0.05, 0.1) is 6.10 Å². The third-order valence-electron chi connectivity index (χ3n) is 11.6. The summed E-state index contributed by atoms with van der Waals surface area (Å²) in [6.07, 6.45) is 15.8. The Bertz CT molecular complexity index is 663. The van der Waals surface area contributed by atoms with E-state index >= 15 is 0 Å². The third kappa shape index (κ3) is 3.98. The Morgan fingerprint density at radius 1 is 1.00 bits per heavy atom. The van der Waals surface area contributed by atoms with E-state index in [4.69, 9.17) is 0 Å². The highest BCUT2D eigenvalue weighted by molar-refractivity contribution is 5.26. The van der Waals surface area contributed by atoms with Gasteiger partial charge in [-0.15, -0.1) is 0 Å². The minimum absolute atomic E-state index is 0.0913. The van der Waals surface area contributed by atoms with Gasteiger partial charge in [0.1, 0.15) is 0 Å². The first-order valence-corrected chi connectivity index (χ1v) is 14.0. The van der Waals surface area contributed by atoms with Crippen LogP contribution in [-0.2, 0) is 0 Å². The topological polar surface area (TPSA) is 20.2 Å². The molecular formula is C30H52O. The molecule has 0 saturated heterocycles. The molecule has 0 spiro atoms. The summed E-state index contributed by atoms with van der Waals surface area (Å²) >= 11 is 0. The normalized spacial score (nSPS) is 46.7. The minimum Gasteiger partial charge on any atom is -0.393 e. The molecule has 0 aliphatic heterocycles. The van der Waals surface area contributed by atoms with Crippen molar-refractivity contribution in [2.24, 2.45) is 58.2 Å². The Kier molecular flexibility index (Phi) is 6.78. The predicted octanol–water partition coefficient (Wildman–Crippen LogP) is 8.27. The van der Waals surface area contributed by atoms with Crippen LogP contribution in [0.25, 0.3) is 0 Å². The first-order valence-electron chi connectivity index (χ1n) is 14.0. The van der Waals surface area contributed by atoms with E-state index in [-0.39, 0.29) is 6.10 Å². The molecule has 4 aliphatic carbocycles. The van der Waals surface area contributed by atoms with Crippen LogP contribution < -0.4 is 0 Å². The molecule has 3 fully saturated rings. The number of hydrogen-bond donors (Lipinski definition) is 1. The highest BCUT2D eigenvalue weighted by Crippen LogP contribution is 2.68. The molecule has 0 heterocycles. The smallest absolute Gasteiger partial charge is 0.0577 e. The SMILES string of the molecule is CC[C@H](CC[C@@H](C)C1CCC2[C@@H]3C(C)C=C4C[C@@H](O)CC[C@]4(C)C3CC[C@@]21C)C(C)C. The zero-order valence-electron chi connectivity index (χ0n) is 21.8. The Balaban J connectivity index is 1.52. The van der Waals surface area contributed by atoms with E-state index in [2.05, 4.69) is 54.5 Å². The highest BCUT2D eigenvalue weighted by Gasteiger charge is 2.60. The van der Waals surface area contributed by atoms with E-state index in [0.29, 0.717) is 16.7 Å². The summed E-state index contributed by atoms with van der Waals surface area (Å²) in [6.45, 7) is 17.6. The second-order valence-corrected chi connectivity index (χ2v) is 13.4. The molecule has 31 heavy (non-hydrogen) atoms. The summed E-state index contributed by atoms with van der Waals surface area (Å²) < 4.78 is 0. The van der Waals surface area contributed by atoms with Crippen molar-refractivity contribution in [3.8, 4) is 0 Å². The van der Waals surface area contributed by atoms with Crippen LogP contribution in [0.2, 0.25) is 0 Å². The van der Waals surface area contributed by atoms with Crippen molar-refractivity contribution in [1.29, 1.82) is 0 Å². The first kappa shape index (κ1) is 23.8. The monoisotopic (exact) mass is 428 g/mol. The van der Waals surface area contributed by atoms with Crippen molar-refractivity contribution in [2.45, 2.75) is 119 Å². The van der Waals surface area contributed by atoms with Gasteiger partial charge < -0.3 is 5.11 Å². The molecule has 0 radical (unpaired) electrons. The van der Waals surface area contributed by atoms with Gasteiger partial charge in [0.15, 0.2) is 0 Å². The van der Waals surface area contributed by atoms with Crippen LogP contribution in [0.1, 0.15) is 113 Å². The Hall–Kier alpha value is -0.300. The summed E-state index contributed by atoms with van der Waals surface area (Å²) in [7, 11) is 0. The molecular weight excluding hydrogens is 376 g/mol. The van der Waals surface area contributed by atoms with Crippen molar-refractivity contribution in [1.82, 2.24) is 0 Å². The van der Waals surface area contributed by atoms with Gasteiger partial charge in [-0.05, 0) is 110 Å². The molecule has 3 saturated carbocycles. The molecule has 10 atom stereocenters. The molecule has 0 bridgehead atoms. The Morgan fingerprint density at radius 3 is 2.42 bits per heavy atom. The standard InChI is InChI=1S/C30H52O/c1-8-22(19(2)3)10-9-20(4)25-11-12-26-28-21(5)17-23-18-24(31)13-15-29(23,6)27(28)14-16-30(25,26)7/h17,19-22,24-28,31H,8-16,18H2,1-7H3/t20-,21?,22-,24+,25?,26?,27?,28+,29+,30-/m1/s1. The average Bonchev–Trinajstić information content (AvgIpc) is 3.06. The maximum absolute atomic E-state index is 10.3. The van der Waals surface area contributed by atoms with Gasteiger partial charge in [-0.1, -0.05) is 73.0 Å². The summed E-state index contributed by atoms with van der Waals surface area (Å²) in [5.74, 6) is 6.90. The number of allylic oxidation sites excluding steroid dienone is 1. The Morgan fingerprint density at radius 2 is 1.74 bits per heavy atom. The van der Waals surface area contributed by atoms with Crippen molar-refractivity contribution >= 4 is 0 Å². The quantitative estimate of drug-likeness (QED) is 0.422. The van der Waals surface area contributed by atoms with Crippen molar-refractivity contribution in [3.63, 3.8) is 0 Å². The van der Waals surface area contributed by atoms with Gasteiger partial charge in [-0.2, -0.15) is 0 Å². The van der Waals surface area contributed by atoms with Crippen LogP contribution in [0.4, 0.5) is 0 Å². The lowest BCUT2D eigenvalue weighted by Crippen LogP contribution is -2.53. The fourth-order valence-electron chi connectivity index (χ4n) is 9.66. The van der Waals surface area contributed by atoms with Gasteiger partial charge in [0.25, 0.3) is 0 Å². The van der Waals surface area contributed by atoms with Crippen LogP contribution >= 0.6 is 0 Å². The maximum atomic E-state index is 10.3. The molecule has 4 aliphatic rings. The van der Waals surface area contributed by atoms with Gasteiger partial charge >= 0.3 is 0 Å². The summed E-state index contributed by atoms with van der Waals surface area (Å²) in [4.78, 5) is 0. The van der Waals surface area contributed by atoms with Crippen LogP contribution in [0.3, 0.4) is 0 Å². The fourth-order valence-corrected chi connectivity index (χ4v) is 9.66. The molecule has 0 aromatic heterocycles. The molecule has 4 unspecified atom stereocenters. The summed E-state index contributed by atoms with van der Waals surface area (Å²) in [6, 6.07) is 0. The van der Waals surface area contributed by atoms with E-state index in [1.165, 1.54) is 51.4 Å². The predicted molar refractivity (Wildman–Crippen MR) is 133 cm³/mol.